The lowest BCUT2D eigenvalue weighted by Crippen LogP contribution is -2.37. The molecule has 0 spiro atoms. The molecule has 0 bridgehead atoms. The number of amides is 1. The van der Waals surface area contributed by atoms with Crippen molar-refractivity contribution >= 4 is 15.7 Å². The van der Waals surface area contributed by atoms with Crippen LogP contribution in [-0.4, -0.2) is 31.8 Å². The van der Waals surface area contributed by atoms with E-state index in [1.807, 2.05) is 0 Å². The maximum absolute atomic E-state index is 12.9. The number of carbonyl (C=O) groups excluding carboxylic acids is 1. The van der Waals surface area contributed by atoms with E-state index < -0.39 is 26.8 Å². The highest BCUT2D eigenvalue weighted by atomic mass is 32.2. The Morgan fingerprint density at radius 3 is 2.48 bits per heavy atom. The molecule has 2 N–H and O–H groups in total. The molecule has 1 amide bonds. The standard InChI is InChI=1S/C17H18FNO5S/c1-11(25(22,23)14-6-4-13(18)5-7-14)17(21)19-10-12-3-8-15(20)16(9-12)24-2/h3-9,11,20H,10H2,1-2H3,(H,19,21). The minimum atomic E-state index is -3.92. The van der Waals surface area contributed by atoms with Crippen LogP contribution in [0.2, 0.25) is 0 Å². The van der Waals surface area contributed by atoms with Crippen LogP contribution in [-0.2, 0) is 21.2 Å². The van der Waals surface area contributed by atoms with Crippen molar-refractivity contribution in [1.82, 2.24) is 5.32 Å². The molecule has 0 saturated carbocycles. The van der Waals surface area contributed by atoms with Gasteiger partial charge in [0.2, 0.25) is 5.91 Å². The third-order valence-corrected chi connectivity index (χ3v) is 5.76. The molecule has 0 aliphatic heterocycles. The molecule has 0 fully saturated rings. The number of aromatic hydroxyl groups is 1. The highest BCUT2D eigenvalue weighted by molar-refractivity contribution is 7.92. The van der Waals surface area contributed by atoms with Crippen molar-refractivity contribution in [3.63, 3.8) is 0 Å². The van der Waals surface area contributed by atoms with Gasteiger partial charge in [0.05, 0.1) is 12.0 Å². The van der Waals surface area contributed by atoms with Gasteiger partial charge < -0.3 is 15.2 Å². The fraction of sp³-hybridized carbons (Fsp3) is 0.235. The Labute approximate surface area is 145 Å². The number of phenols is 1. The van der Waals surface area contributed by atoms with Crippen LogP contribution in [0.4, 0.5) is 4.39 Å². The molecule has 25 heavy (non-hydrogen) atoms. The Balaban J connectivity index is 2.08. The number of phenolic OH excluding ortho intramolecular Hbond substituents is 1. The molecule has 0 aliphatic rings. The number of nitrogens with one attached hydrogen (secondary N) is 1. The number of rotatable bonds is 6. The Morgan fingerprint density at radius 2 is 1.88 bits per heavy atom. The van der Waals surface area contributed by atoms with Crippen molar-refractivity contribution in [1.29, 1.82) is 0 Å². The molecule has 0 heterocycles. The van der Waals surface area contributed by atoms with Crippen LogP contribution in [0.5, 0.6) is 11.5 Å². The summed E-state index contributed by atoms with van der Waals surface area (Å²) < 4.78 is 42.7. The zero-order valence-electron chi connectivity index (χ0n) is 13.7. The second-order valence-electron chi connectivity index (χ2n) is 5.37. The number of carbonyl (C=O) groups is 1. The van der Waals surface area contributed by atoms with Crippen LogP contribution in [0.15, 0.2) is 47.4 Å². The van der Waals surface area contributed by atoms with Crippen molar-refractivity contribution in [2.45, 2.75) is 23.6 Å². The van der Waals surface area contributed by atoms with Gasteiger partial charge >= 0.3 is 0 Å². The summed E-state index contributed by atoms with van der Waals surface area (Å²) in [5, 5.41) is 10.7. The number of methoxy groups -OCH3 is 1. The molecular formula is C17H18FNO5S. The quantitative estimate of drug-likeness (QED) is 0.762. The minimum absolute atomic E-state index is 0.0372. The maximum Gasteiger partial charge on any atom is 0.238 e. The highest BCUT2D eigenvalue weighted by Crippen LogP contribution is 2.26. The van der Waals surface area contributed by atoms with E-state index in [0.29, 0.717) is 5.56 Å². The van der Waals surface area contributed by atoms with Gasteiger partial charge in [-0.25, -0.2) is 12.8 Å². The first-order valence-electron chi connectivity index (χ1n) is 7.38. The van der Waals surface area contributed by atoms with Crippen LogP contribution in [0.1, 0.15) is 12.5 Å². The maximum atomic E-state index is 12.9. The van der Waals surface area contributed by atoms with E-state index in [9.17, 15) is 22.7 Å². The van der Waals surface area contributed by atoms with Crippen LogP contribution in [0.25, 0.3) is 0 Å². The van der Waals surface area contributed by atoms with Crippen LogP contribution >= 0.6 is 0 Å². The molecule has 2 rings (SSSR count). The van der Waals surface area contributed by atoms with Crippen molar-refractivity contribution in [2.24, 2.45) is 0 Å². The van der Waals surface area contributed by atoms with Crippen molar-refractivity contribution < 1.29 is 27.4 Å². The van der Waals surface area contributed by atoms with Crippen LogP contribution in [0, 0.1) is 5.82 Å². The molecule has 1 unspecified atom stereocenters. The van der Waals surface area contributed by atoms with Gasteiger partial charge in [-0.05, 0) is 48.9 Å². The zero-order valence-corrected chi connectivity index (χ0v) is 14.5. The van der Waals surface area contributed by atoms with Crippen LogP contribution < -0.4 is 10.1 Å². The van der Waals surface area contributed by atoms with Gasteiger partial charge in [-0.1, -0.05) is 6.07 Å². The van der Waals surface area contributed by atoms with E-state index in [0.717, 1.165) is 24.3 Å². The molecule has 134 valence electrons. The van der Waals surface area contributed by atoms with E-state index in [2.05, 4.69) is 5.32 Å². The first kappa shape index (κ1) is 18.7. The van der Waals surface area contributed by atoms with E-state index in [1.54, 1.807) is 6.07 Å². The third kappa shape index (κ3) is 4.27. The molecule has 0 aliphatic carbocycles. The van der Waals surface area contributed by atoms with E-state index in [4.69, 9.17) is 4.74 Å². The summed E-state index contributed by atoms with van der Waals surface area (Å²) in [7, 11) is -2.52. The lowest BCUT2D eigenvalue weighted by Gasteiger charge is -2.14. The lowest BCUT2D eigenvalue weighted by molar-refractivity contribution is -0.120. The first-order chi connectivity index (χ1) is 11.8. The van der Waals surface area contributed by atoms with Crippen molar-refractivity contribution in [3.05, 3.63) is 53.8 Å². The number of ether oxygens (including phenoxy) is 1. The van der Waals surface area contributed by atoms with Gasteiger partial charge in [0.25, 0.3) is 0 Å². The Kier molecular flexibility index (Phi) is 5.63. The number of halogens is 1. The van der Waals surface area contributed by atoms with E-state index in [-0.39, 0.29) is 22.9 Å². The molecule has 6 nitrogen and oxygen atoms in total. The van der Waals surface area contributed by atoms with Gasteiger partial charge in [0.15, 0.2) is 21.3 Å². The number of hydrogen-bond acceptors (Lipinski definition) is 5. The Hall–Kier alpha value is -2.61. The normalized spacial score (nSPS) is 12.4. The third-order valence-electron chi connectivity index (χ3n) is 3.69. The number of benzene rings is 2. The summed E-state index contributed by atoms with van der Waals surface area (Å²) in [6.45, 7) is 1.34. The molecule has 2 aromatic carbocycles. The predicted molar refractivity (Wildman–Crippen MR) is 89.6 cm³/mol. The molecule has 0 saturated heterocycles. The number of sulfone groups is 1. The van der Waals surface area contributed by atoms with Crippen molar-refractivity contribution in [2.75, 3.05) is 7.11 Å². The van der Waals surface area contributed by atoms with E-state index in [1.165, 1.54) is 26.2 Å². The highest BCUT2D eigenvalue weighted by Gasteiger charge is 2.29. The SMILES string of the molecule is COc1cc(CNC(=O)C(C)S(=O)(=O)c2ccc(F)cc2)ccc1O. The smallest absolute Gasteiger partial charge is 0.238 e. The minimum Gasteiger partial charge on any atom is -0.504 e. The van der Waals surface area contributed by atoms with E-state index >= 15 is 0 Å². The fourth-order valence-electron chi connectivity index (χ4n) is 2.13. The zero-order chi connectivity index (χ0) is 18.6. The molecule has 8 heteroatoms. The van der Waals surface area contributed by atoms with Gasteiger partial charge in [-0.15, -0.1) is 0 Å². The molecule has 2 aromatic rings. The lowest BCUT2D eigenvalue weighted by atomic mass is 10.2. The van der Waals surface area contributed by atoms with Gasteiger partial charge in [-0.2, -0.15) is 0 Å². The molecule has 0 aromatic heterocycles. The summed E-state index contributed by atoms with van der Waals surface area (Å²) in [4.78, 5) is 12.1. The van der Waals surface area contributed by atoms with Gasteiger partial charge in [0.1, 0.15) is 11.1 Å². The second-order valence-corrected chi connectivity index (χ2v) is 7.63. The summed E-state index contributed by atoms with van der Waals surface area (Å²) in [5.41, 5.74) is 0.634. The molecular weight excluding hydrogens is 349 g/mol. The van der Waals surface area contributed by atoms with Crippen molar-refractivity contribution in [3.8, 4) is 11.5 Å². The molecule has 0 radical (unpaired) electrons. The fourth-order valence-corrected chi connectivity index (χ4v) is 3.42. The summed E-state index contributed by atoms with van der Waals surface area (Å²) in [5.74, 6) is -1.03. The van der Waals surface area contributed by atoms with Gasteiger partial charge in [0, 0.05) is 6.54 Å². The number of hydrogen-bond donors (Lipinski definition) is 2. The summed E-state index contributed by atoms with van der Waals surface area (Å²) >= 11 is 0. The average molecular weight is 367 g/mol. The topological polar surface area (TPSA) is 92.7 Å². The van der Waals surface area contributed by atoms with Crippen LogP contribution in [0.3, 0.4) is 0 Å². The summed E-state index contributed by atoms with van der Waals surface area (Å²) in [6.07, 6.45) is 0. The average Bonchev–Trinajstić information content (AvgIpc) is 2.60. The summed E-state index contributed by atoms with van der Waals surface area (Å²) in [6, 6.07) is 8.84. The Morgan fingerprint density at radius 1 is 1.24 bits per heavy atom. The molecule has 1 atom stereocenters. The largest absolute Gasteiger partial charge is 0.504 e. The van der Waals surface area contributed by atoms with Gasteiger partial charge in [-0.3, -0.25) is 4.79 Å². The monoisotopic (exact) mass is 367 g/mol. The first-order valence-corrected chi connectivity index (χ1v) is 8.93. The second kappa shape index (κ2) is 7.52. The predicted octanol–water partition coefficient (Wildman–Crippen LogP) is 2.02. The Bertz CT molecular complexity index is 865.